The summed E-state index contributed by atoms with van der Waals surface area (Å²) in [5, 5.41) is 2.36. The summed E-state index contributed by atoms with van der Waals surface area (Å²) in [6.45, 7) is 11.0. The van der Waals surface area contributed by atoms with Gasteiger partial charge in [-0.05, 0) is 65.5 Å². The van der Waals surface area contributed by atoms with E-state index < -0.39 is 0 Å². The van der Waals surface area contributed by atoms with Crippen LogP contribution in [0.25, 0.3) is 33.1 Å². The Balaban J connectivity index is 1.81. The molecular formula is C26H26N2O. The predicted molar refractivity (Wildman–Crippen MR) is 120 cm³/mol. The third kappa shape index (κ3) is 2.96. The van der Waals surface area contributed by atoms with Gasteiger partial charge in [0.2, 0.25) is 5.88 Å². The molecule has 1 aromatic heterocycles. The van der Waals surface area contributed by atoms with Crippen LogP contribution in [0.5, 0.6) is 11.6 Å². The molecule has 3 aromatic carbocycles. The largest absolute Gasteiger partial charge is 0.436 e. The molecule has 3 heteroatoms. The quantitative estimate of drug-likeness (QED) is 0.331. The highest BCUT2D eigenvalue weighted by molar-refractivity contribution is 6.04. The molecule has 0 amide bonds. The molecule has 0 fully saturated rings. The first-order chi connectivity index (χ1) is 13.9. The first-order valence-corrected chi connectivity index (χ1v) is 10.5. The van der Waals surface area contributed by atoms with Crippen LogP contribution in [-0.2, 0) is 6.42 Å². The van der Waals surface area contributed by atoms with Crippen molar-refractivity contribution in [1.82, 2.24) is 9.97 Å². The summed E-state index contributed by atoms with van der Waals surface area (Å²) < 4.78 is 6.38. The summed E-state index contributed by atoms with van der Waals surface area (Å²) in [4.78, 5) is 9.97. The van der Waals surface area contributed by atoms with Crippen molar-refractivity contribution in [3.05, 3.63) is 59.2 Å². The van der Waals surface area contributed by atoms with Crippen molar-refractivity contribution >= 4 is 21.8 Å². The molecule has 3 nitrogen and oxygen atoms in total. The number of benzene rings is 3. The second-order valence-corrected chi connectivity index (χ2v) is 8.95. The Morgan fingerprint density at radius 2 is 1.79 bits per heavy atom. The molecule has 2 heterocycles. The Hall–Kier alpha value is -2.94. The number of aromatic nitrogens is 2. The minimum absolute atomic E-state index is 0.380. The molecule has 0 bridgehead atoms. The number of hydrogen-bond acceptors (Lipinski definition) is 3. The van der Waals surface area contributed by atoms with Crippen LogP contribution in [0, 0.1) is 12.8 Å². The van der Waals surface area contributed by atoms with Gasteiger partial charge in [0.15, 0.2) is 0 Å². The molecule has 0 spiro atoms. The van der Waals surface area contributed by atoms with Gasteiger partial charge in [0.1, 0.15) is 11.4 Å². The molecule has 0 atom stereocenters. The fourth-order valence-corrected chi connectivity index (χ4v) is 4.44. The third-order valence-corrected chi connectivity index (χ3v) is 5.64. The van der Waals surface area contributed by atoms with E-state index in [0.717, 1.165) is 39.8 Å². The van der Waals surface area contributed by atoms with E-state index in [1.165, 1.54) is 22.1 Å². The Kier molecular flexibility index (Phi) is 4.09. The van der Waals surface area contributed by atoms with Crippen LogP contribution in [0.15, 0.2) is 42.5 Å². The zero-order chi connectivity index (χ0) is 20.3. The summed E-state index contributed by atoms with van der Waals surface area (Å²) in [6.07, 6.45) is 1.03. The van der Waals surface area contributed by atoms with E-state index >= 15 is 0 Å². The number of fused-ring (bicyclic) bond motifs is 3. The standard InChI is InChI=1S/C26H26N2O/c1-14(2)9-17-12-18-10-16(5)11-20-23(18)22(13-17)29-26-25(20)27-21-8-6-7-19(15(3)4)24(21)28-26/h6-8,10-15H,9H2,1-5H3. The fourth-order valence-electron chi connectivity index (χ4n) is 4.44. The topological polar surface area (TPSA) is 35.0 Å². The summed E-state index contributed by atoms with van der Waals surface area (Å²) >= 11 is 0. The molecule has 0 unspecified atom stereocenters. The lowest BCUT2D eigenvalue weighted by Crippen LogP contribution is -2.05. The zero-order valence-electron chi connectivity index (χ0n) is 17.7. The summed E-state index contributed by atoms with van der Waals surface area (Å²) in [6, 6.07) is 15.2. The number of aryl methyl sites for hydroxylation is 1. The minimum Gasteiger partial charge on any atom is -0.436 e. The van der Waals surface area contributed by atoms with Gasteiger partial charge in [-0.25, -0.2) is 9.97 Å². The van der Waals surface area contributed by atoms with Crippen LogP contribution in [0.4, 0.5) is 0 Å². The highest BCUT2D eigenvalue weighted by Gasteiger charge is 2.25. The molecule has 0 N–H and O–H groups in total. The molecule has 0 saturated heterocycles. The second-order valence-electron chi connectivity index (χ2n) is 8.95. The molecule has 1 aliphatic rings. The SMILES string of the molecule is Cc1cc2c3c(cc(CC(C)C)cc3c1)Oc1nc3c(C(C)C)cccc3nc1-2. The van der Waals surface area contributed by atoms with Gasteiger partial charge in [-0.1, -0.05) is 52.0 Å². The maximum Gasteiger partial charge on any atom is 0.246 e. The van der Waals surface area contributed by atoms with E-state index in [1.807, 2.05) is 6.07 Å². The highest BCUT2D eigenvalue weighted by atomic mass is 16.5. The van der Waals surface area contributed by atoms with E-state index in [-0.39, 0.29) is 0 Å². The third-order valence-electron chi connectivity index (χ3n) is 5.64. The monoisotopic (exact) mass is 382 g/mol. The van der Waals surface area contributed by atoms with Crippen LogP contribution in [0.3, 0.4) is 0 Å². The van der Waals surface area contributed by atoms with Crippen LogP contribution in [0.2, 0.25) is 0 Å². The van der Waals surface area contributed by atoms with Crippen LogP contribution >= 0.6 is 0 Å². The van der Waals surface area contributed by atoms with Crippen molar-refractivity contribution in [2.24, 2.45) is 5.92 Å². The van der Waals surface area contributed by atoms with Crippen LogP contribution in [0.1, 0.15) is 50.3 Å². The fraction of sp³-hybridized carbons (Fsp3) is 0.308. The van der Waals surface area contributed by atoms with Gasteiger partial charge in [-0.3, -0.25) is 0 Å². The second kappa shape index (κ2) is 6.55. The number of para-hydroxylation sites is 1. The molecular weight excluding hydrogens is 356 g/mol. The molecule has 29 heavy (non-hydrogen) atoms. The Labute approximate surface area is 171 Å². The first kappa shape index (κ1) is 18.1. The van der Waals surface area contributed by atoms with Crippen molar-refractivity contribution < 1.29 is 4.74 Å². The zero-order valence-corrected chi connectivity index (χ0v) is 17.7. The summed E-state index contributed by atoms with van der Waals surface area (Å²) in [7, 11) is 0. The summed E-state index contributed by atoms with van der Waals surface area (Å²) in [5.74, 6) is 2.49. The van der Waals surface area contributed by atoms with Gasteiger partial charge < -0.3 is 4.74 Å². The Morgan fingerprint density at radius 1 is 0.966 bits per heavy atom. The van der Waals surface area contributed by atoms with E-state index in [2.05, 4.69) is 71.0 Å². The molecule has 0 radical (unpaired) electrons. The Morgan fingerprint density at radius 3 is 2.55 bits per heavy atom. The van der Waals surface area contributed by atoms with Crippen molar-refractivity contribution in [3.8, 4) is 22.9 Å². The van der Waals surface area contributed by atoms with Crippen molar-refractivity contribution in [2.75, 3.05) is 0 Å². The van der Waals surface area contributed by atoms with Crippen LogP contribution in [-0.4, -0.2) is 9.97 Å². The van der Waals surface area contributed by atoms with E-state index in [1.54, 1.807) is 0 Å². The van der Waals surface area contributed by atoms with E-state index in [4.69, 9.17) is 14.7 Å². The average Bonchev–Trinajstić information content (AvgIpc) is 2.65. The molecule has 0 saturated carbocycles. The lowest BCUT2D eigenvalue weighted by Gasteiger charge is -2.22. The van der Waals surface area contributed by atoms with Gasteiger partial charge in [0, 0.05) is 10.9 Å². The molecule has 5 rings (SSSR count). The molecule has 146 valence electrons. The van der Waals surface area contributed by atoms with Gasteiger partial charge >= 0.3 is 0 Å². The minimum atomic E-state index is 0.380. The molecule has 0 aliphatic carbocycles. The average molecular weight is 383 g/mol. The highest BCUT2D eigenvalue weighted by Crippen LogP contribution is 2.46. The number of nitrogens with zero attached hydrogens (tertiary/aromatic N) is 2. The predicted octanol–water partition coefficient (Wildman–Crippen LogP) is 7.19. The van der Waals surface area contributed by atoms with Crippen molar-refractivity contribution in [2.45, 2.75) is 47.0 Å². The smallest absolute Gasteiger partial charge is 0.246 e. The lowest BCUT2D eigenvalue weighted by atomic mass is 9.93. The van der Waals surface area contributed by atoms with E-state index in [0.29, 0.717) is 17.7 Å². The number of rotatable bonds is 3. The van der Waals surface area contributed by atoms with Crippen molar-refractivity contribution in [1.29, 1.82) is 0 Å². The maximum absolute atomic E-state index is 6.38. The maximum atomic E-state index is 6.38. The van der Waals surface area contributed by atoms with Crippen LogP contribution < -0.4 is 4.74 Å². The first-order valence-electron chi connectivity index (χ1n) is 10.5. The van der Waals surface area contributed by atoms with Gasteiger partial charge in [-0.2, -0.15) is 0 Å². The molecule has 4 aromatic rings. The summed E-state index contributed by atoms with van der Waals surface area (Å²) in [5.41, 5.74) is 7.56. The Bertz CT molecular complexity index is 1270. The number of ether oxygens (including phenoxy) is 1. The lowest BCUT2D eigenvalue weighted by molar-refractivity contribution is 0.465. The van der Waals surface area contributed by atoms with Crippen molar-refractivity contribution in [3.63, 3.8) is 0 Å². The van der Waals surface area contributed by atoms with Gasteiger partial charge in [0.25, 0.3) is 0 Å². The van der Waals surface area contributed by atoms with E-state index in [9.17, 15) is 0 Å². The number of hydrogen-bond donors (Lipinski definition) is 0. The van der Waals surface area contributed by atoms with Gasteiger partial charge in [-0.15, -0.1) is 0 Å². The van der Waals surface area contributed by atoms with Gasteiger partial charge in [0.05, 0.1) is 11.0 Å². The normalized spacial score (nSPS) is 12.7. The molecule has 1 aliphatic heterocycles.